The molecule has 150 valence electrons. The Morgan fingerprint density at radius 3 is 2.43 bits per heavy atom. The van der Waals surface area contributed by atoms with Crippen LogP contribution in [0.4, 0.5) is 18.9 Å². The Morgan fingerprint density at radius 1 is 1.14 bits per heavy atom. The summed E-state index contributed by atoms with van der Waals surface area (Å²) in [5, 5.41) is 5.03. The molecular weight excluding hydrogens is 397 g/mol. The number of hydrogen-bond acceptors (Lipinski definition) is 4. The number of hydrogen-bond donors (Lipinski definition) is 2. The van der Waals surface area contributed by atoms with Crippen molar-refractivity contribution in [3.05, 3.63) is 64.7 Å². The molecule has 0 heterocycles. The van der Waals surface area contributed by atoms with E-state index >= 15 is 0 Å². The molecule has 1 atom stereocenters. The zero-order chi connectivity index (χ0) is 20.7. The van der Waals surface area contributed by atoms with Crippen molar-refractivity contribution < 1.29 is 27.5 Å². The summed E-state index contributed by atoms with van der Waals surface area (Å²) in [4.78, 5) is 24.1. The first-order chi connectivity index (χ1) is 13.2. The van der Waals surface area contributed by atoms with Crippen LogP contribution in [-0.4, -0.2) is 31.6 Å². The number of methoxy groups -OCH3 is 1. The first-order valence-corrected chi connectivity index (χ1v) is 8.60. The Balaban J connectivity index is 2.02. The number of carbonyl (C=O) groups excluding carboxylic acids is 2. The summed E-state index contributed by atoms with van der Waals surface area (Å²) in [6, 6.07) is 10.9. The van der Waals surface area contributed by atoms with Crippen LogP contribution >= 0.6 is 11.6 Å². The van der Waals surface area contributed by atoms with Crippen LogP contribution in [0.3, 0.4) is 0 Å². The van der Waals surface area contributed by atoms with Crippen LogP contribution in [0.25, 0.3) is 0 Å². The molecule has 1 amide bonds. The van der Waals surface area contributed by atoms with Gasteiger partial charge in [-0.15, -0.1) is 0 Å². The van der Waals surface area contributed by atoms with Crippen LogP contribution < -0.4 is 10.6 Å². The van der Waals surface area contributed by atoms with Crippen LogP contribution in [0.5, 0.6) is 0 Å². The molecule has 0 aliphatic rings. The molecule has 0 fully saturated rings. The van der Waals surface area contributed by atoms with Gasteiger partial charge in [-0.3, -0.25) is 14.9 Å². The van der Waals surface area contributed by atoms with E-state index in [1.54, 1.807) is 0 Å². The van der Waals surface area contributed by atoms with Gasteiger partial charge >= 0.3 is 12.1 Å². The molecule has 0 aliphatic carbocycles. The molecule has 2 aromatic carbocycles. The lowest BCUT2D eigenvalue weighted by molar-refractivity contribution is -0.143. The summed E-state index contributed by atoms with van der Waals surface area (Å²) in [6.45, 7) is -0.320. The fourth-order valence-electron chi connectivity index (χ4n) is 2.44. The Hall–Kier alpha value is -2.58. The van der Waals surface area contributed by atoms with Gasteiger partial charge in [0, 0.05) is 0 Å². The van der Waals surface area contributed by atoms with Crippen molar-refractivity contribution in [2.45, 2.75) is 18.6 Å². The topological polar surface area (TPSA) is 67.4 Å². The van der Waals surface area contributed by atoms with E-state index in [4.69, 9.17) is 16.3 Å². The maximum absolute atomic E-state index is 12.8. The zero-order valence-corrected chi connectivity index (χ0v) is 15.6. The van der Waals surface area contributed by atoms with Crippen LogP contribution in [0.15, 0.2) is 48.5 Å². The number of halogens is 4. The highest BCUT2D eigenvalue weighted by Crippen LogP contribution is 2.33. The Morgan fingerprint density at radius 2 is 1.82 bits per heavy atom. The first-order valence-electron chi connectivity index (χ1n) is 8.22. The summed E-state index contributed by atoms with van der Waals surface area (Å²) in [5.41, 5.74) is -0.246. The van der Waals surface area contributed by atoms with E-state index in [0.717, 1.165) is 23.8 Å². The van der Waals surface area contributed by atoms with Crippen molar-refractivity contribution in [2.75, 3.05) is 19.0 Å². The maximum atomic E-state index is 12.8. The number of ether oxygens (including phenoxy) is 1. The van der Waals surface area contributed by atoms with Gasteiger partial charge in [-0.25, -0.2) is 0 Å². The first kappa shape index (κ1) is 21.7. The molecule has 2 rings (SSSR count). The van der Waals surface area contributed by atoms with E-state index in [-0.39, 0.29) is 23.7 Å². The molecule has 0 bridgehead atoms. The maximum Gasteiger partial charge on any atom is 0.416 e. The van der Waals surface area contributed by atoms with Gasteiger partial charge in [0.05, 0.1) is 29.9 Å². The van der Waals surface area contributed by atoms with Gasteiger partial charge < -0.3 is 10.1 Å². The minimum Gasteiger partial charge on any atom is -0.468 e. The molecule has 0 spiro atoms. The quantitative estimate of drug-likeness (QED) is 0.678. The SMILES string of the molecule is COC(=O)[C@@H](Cc1ccccc1)NCC(=O)Nc1cc(C(F)(F)F)ccc1Cl. The van der Waals surface area contributed by atoms with Crippen molar-refractivity contribution in [1.29, 1.82) is 0 Å². The van der Waals surface area contributed by atoms with E-state index in [1.807, 2.05) is 30.3 Å². The Bertz CT molecular complexity index is 829. The second-order valence-corrected chi connectivity index (χ2v) is 6.29. The fourth-order valence-corrected chi connectivity index (χ4v) is 2.60. The molecule has 0 saturated heterocycles. The second-order valence-electron chi connectivity index (χ2n) is 5.89. The lowest BCUT2D eigenvalue weighted by Crippen LogP contribution is -2.43. The van der Waals surface area contributed by atoms with Gasteiger partial charge in [-0.2, -0.15) is 13.2 Å². The van der Waals surface area contributed by atoms with Crippen LogP contribution in [0.2, 0.25) is 5.02 Å². The summed E-state index contributed by atoms with van der Waals surface area (Å²) in [6.07, 6.45) is -4.28. The highest BCUT2D eigenvalue weighted by Gasteiger charge is 2.31. The van der Waals surface area contributed by atoms with Crippen molar-refractivity contribution in [2.24, 2.45) is 0 Å². The van der Waals surface area contributed by atoms with Crippen LogP contribution in [0, 0.1) is 0 Å². The lowest BCUT2D eigenvalue weighted by atomic mass is 10.1. The molecule has 28 heavy (non-hydrogen) atoms. The largest absolute Gasteiger partial charge is 0.468 e. The molecule has 0 saturated carbocycles. The predicted octanol–water partition coefficient (Wildman–Crippen LogP) is 3.67. The van der Waals surface area contributed by atoms with Gasteiger partial charge in [0.25, 0.3) is 0 Å². The molecule has 0 unspecified atom stereocenters. The molecule has 0 radical (unpaired) electrons. The van der Waals surface area contributed by atoms with E-state index in [1.165, 1.54) is 7.11 Å². The summed E-state index contributed by atoms with van der Waals surface area (Å²) in [7, 11) is 1.23. The number of anilines is 1. The normalized spacial score (nSPS) is 12.3. The highest BCUT2D eigenvalue weighted by molar-refractivity contribution is 6.33. The van der Waals surface area contributed by atoms with Gasteiger partial charge in [0.15, 0.2) is 0 Å². The third kappa shape index (κ3) is 6.24. The molecule has 2 aromatic rings. The van der Waals surface area contributed by atoms with E-state index in [0.29, 0.717) is 0 Å². The fraction of sp³-hybridized carbons (Fsp3) is 0.263. The molecule has 2 N–H and O–H groups in total. The summed E-state index contributed by atoms with van der Waals surface area (Å²) >= 11 is 5.86. The standard InChI is InChI=1S/C19H18ClF3N2O3/c1-28-18(27)16(9-12-5-3-2-4-6-12)24-11-17(26)25-15-10-13(19(21,22)23)7-8-14(15)20/h2-8,10,16,24H,9,11H2,1H3,(H,25,26)/t16-/m1/s1. The van der Waals surface area contributed by atoms with Crippen LogP contribution in [-0.2, 0) is 26.9 Å². The second kappa shape index (κ2) is 9.57. The zero-order valence-electron chi connectivity index (χ0n) is 14.8. The number of esters is 1. The average Bonchev–Trinajstić information content (AvgIpc) is 2.66. The van der Waals surface area contributed by atoms with Gasteiger partial charge in [0.2, 0.25) is 5.91 Å². The Labute approximate surface area is 164 Å². The number of benzene rings is 2. The molecule has 0 aliphatic heterocycles. The van der Waals surface area contributed by atoms with Crippen molar-refractivity contribution in [1.82, 2.24) is 5.32 Å². The van der Waals surface area contributed by atoms with E-state index < -0.39 is 29.7 Å². The average molecular weight is 415 g/mol. The Kier molecular flexibility index (Phi) is 7.42. The summed E-state index contributed by atoms with van der Waals surface area (Å²) in [5.74, 6) is -1.21. The molecule has 5 nitrogen and oxygen atoms in total. The van der Waals surface area contributed by atoms with Gasteiger partial charge in [-0.1, -0.05) is 41.9 Å². The number of carbonyl (C=O) groups is 2. The van der Waals surface area contributed by atoms with E-state index in [9.17, 15) is 22.8 Å². The number of rotatable bonds is 7. The summed E-state index contributed by atoms with van der Waals surface area (Å²) < 4.78 is 43.1. The highest BCUT2D eigenvalue weighted by atomic mass is 35.5. The predicted molar refractivity (Wildman–Crippen MR) is 99.0 cm³/mol. The minimum absolute atomic E-state index is 0.0323. The van der Waals surface area contributed by atoms with Gasteiger partial charge in [-0.05, 0) is 30.2 Å². The van der Waals surface area contributed by atoms with Crippen molar-refractivity contribution >= 4 is 29.2 Å². The smallest absolute Gasteiger partial charge is 0.416 e. The van der Waals surface area contributed by atoms with Crippen molar-refractivity contribution in [3.63, 3.8) is 0 Å². The molecule has 0 aromatic heterocycles. The lowest BCUT2D eigenvalue weighted by Gasteiger charge is -2.17. The third-order valence-electron chi connectivity index (χ3n) is 3.85. The minimum atomic E-state index is -4.56. The van der Waals surface area contributed by atoms with Gasteiger partial charge in [0.1, 0.15) is 6.04 Å². The number of nitrogens with one attached hydrogen (secondary N) is 2. The number of amides is 1. The monoisotopic (exact) mass is 414 g/mol. The third-order valence-corrected chi connectivity index (χ3v) is 4.17. The molecular formula is C19H18ClF3N2O3. The van der Waals surface area contributed by atoms with Crippen molar-refractivity contribution in [3.8, 4) is 0 Å². The van der Waals surface area contributed by atoms with E-state index in [2.05, 4.69) is 10.6 Å². The number of alkyl halides is 3. The molecule has 9 heteroatoms. The van der Waals surface area contributed by atoms with Crippen LogP contribution in [0.1, 0.15) is 11.1 Å².